The summed E-state index contributed by atoms with van der Waals surface area (Å²) in [6.07, 6.45) is 0.679. The lowest BCUT2D eigenvalue weighted by Gasteiger charge is -2.40. The molecule has 3 amide bonds. The van der Waals surface area contributed by atoms with Crippen LogP contribution in [0.4, 0.5) is 0 Å². The summed E-state index contributed by atoms with van der Waals surface area (Å²) in [4.78, 5) is 35.5. The number of nitrogens with one attached hydrogen (secondary N) is 2. The van der Waals surface area contributed by atoms with Crippen LogP contribution in [0, 0.1) is 0 Å². The van der Waals surface area contributed by atoms with Gasteiger partial charge in [0.15, 0.2) is 0 Å². The molecule has 0 saturated carbocycles. The fourth-order valence-electron chi connectivity index (χ4n) is 1.71. The van der Waals surface area contributed by atoms with Crippen LogP contribution < -0.4 is 10.6 Å². The number of rotatable bonds is 3. The zero-order valence-electron chi connectivity index (χ0n) is 9.74. The van der Waals surface area contributed by atoms with E-state index in [-0.39, 0.29) is 23.8 Å². The number of likely N-dealkylation sites (tertiary alicyclic amines) is 1. The zero-order valence-corrected chi connectivity index (χ0v) is 9.74. The monoisotopic (exact) mass is 227 g/mol. The Hall–Kier alpha value is -1.59. The minimum Gasteiger partial charge on any atom is -0.357 e. The third-order valence-corrected chi connectivity index (χ3v) is 2.64. The van der Waals surface area contributed by atoms with Crippen molar-refractivity contribution in [1.82, 2.24) is 15.5 Å². The summed E-state index contributed by atoms with van der Waals surface area (Å²) in [5.41, 5.74) is 0. The lowest BCUT2D eigenvalue weighted by molar-refractivity contribution is -0.149. The predicted octanol–water partition coefficient (Wildman–Crippen LogP) is -1.14. The van der Waals surface area contributed by atoms with Crippen molar-refractivity contribution in [3.8, 4) is 0 Å². The maximum atomic E-state index is 11.8. The van der Waals surface area contributed by atoms with Gasteiger partial charge in [-0.2, -0.15) is 0 Å². The Balaban J connectivity index is 2.55. The van der Waals surface area contributed by atoms with Gasteiger partial charge in [0.1, 0.15) is 12.1 Å². The number of carbonyl (C=O) groups excluding carboxylic acids is 3. The minimum atomic E-state index is -0.579. The average Bonchev–Trinajstić information content (AvgIpc) is 2.14. The van der Waals surface area contributed by atoms with Crippen molar-refractivity contribution in [3.63, 3.8) is 0 Å². The Kier molecular flexibility index (Phi) is 3.87. The van der Waals surface area contributed by atoms with Gasteiger partial charge in [-0.05, 0) is 13.3 Å². The lowest BCUT2D eigenvalue weighted by Crippen LogP contribution is -2.61. The van der Waals surface area contributed by atoms with Gasteiger partial charge in [0, 0.05) is 20.5 Å². The Labute approximate surface area is 94.4 Å². The van der Waals surface area contributed by atoms with Crippen molar-refractivity contribution < 1.29 is 14.4 Å². The zero-order chi connectivity index (χ0) is 12.3. The Bertz CT molecular complexity index is 316. The summed E-state index contributed by atoms with van der Waals surface area (Å²) in [6.45, 7) is 3.54. The van der Waals surface area contributed by atoms with Gasteiger partial charge < -0.3 is 15.5 Å². The Morgan fingerprint density at radius 1 is 1.38 bits per heavy atom. The molecule has 1 heterocycles. The van der Waals surface area contributed by atoms with Gasteiger partial charge in [-0.3, -0.25) is 14.4 Å². The minimum absolute atomic E-state index is 0.158. The molecule has 0 spiro atoms. The summed E-state index contributed by atoms with van der Waals surface area (Å²) in [5.74, 6) is -0.623. The summed E-state index contributed by atoms with van der Waals surface area (Å²) in [5, 5.41) is 5.02. The van der Waals surface area contributed by atoms with Crippen molar-refractivity contribution in [2.75, 3.05) is 13.6 Å². The van der Waals surface area contributed by atoms with Crippen LogP contribution in [0.2, 0.25) is 0 Å². The average molecular weight is 227 g/mol. The number of carbonyl (C=O) groups is 3. The second-order valence-corrected chi connectivity index (χ2v) is 3.87. The maximum Gasteiger partial charge on any atom is 0.245 e. The molecule has 16 heavy (non-hydrogen) atoms. The van der Waals surface area contributed by atoms with Crippen molar-refractivity contribution >= 4 is 17.7 Å². The van der Waals surface area contributed by atoms with Crippen molar-refractivity contribution in [1.29, 1.82) is 0 Å². The molecule has 1 saturated heterocycles. The van der Waals surface area contributed by atoms with Gasteiger partial charge in [0.2, 0.25) is 17.7 Å². The van der Waals surface area contributed by atoms with Gasteiger partial charge in [0.05, 0.1) is 0 Å². The van der Waals surface area contributed by atoms with Gasteiger partial charge in [-0.1, -0.05) is 0 Å². The summed E-state index contributed by atoms with van der Waals surface area (Å²) >= 11 is 0. The van der Waals surface area contributed by atoms with Crippen LogP contribution in [0.15, 0.2) is 0 Å². The molecule has 0 aromatic carbocycles. The molecule has 0 bridgehead atoms. The number of likely N-dealkylation sites (N-methyl/N-ethyl adjacent to an activating group) is 1. The Morgan fingerprint density at radius 3 is 2.38 bits per heavy atom. The SMILES string of the molecule is CNC(=O)[C@@H]1CCN1C(=O)[C@H](C)NC(C)=O. The highest BCUT2D eigenvalue weighted by molar-refractivity contribution is 5.92. The molecule has 0 unspecified atom stereocenters. The van der Waals surface area contributed by atoms with Gasteiger partial charge in [-0.25, -0.2) is 0 Å². The summed E-state index contributed by atoms with van der Waals surface area (Å²) in [6, 6.07) is -0.960. The van der Waals surface area contributed by atoms with Crippen LogP contribution >= 0.6 is 0 Å². The molecule has 6 heteroatoms. The van der Waals surface area contributed by atoms with E-state index >= 15 is 0 Å². The normalized spacial score (nSPS) is 20.7. The van der Waals surface area contributed by atoms with E-state index in [0.717, 1.165) is 0 Å². The summed E-state index contributed by atoms with van der Waals surface area (Å²) < 4.78 is 0. The highest BCUT2D eigenvalue weighted by atomic mass is 16.2. The number of nitrogens with zero attached hydrogens (tertiary/aromatic N) is 1. The van der Waals surface area contributed by atoms with Crippen LogP contribution in [-0.4, -0.2) is 48.3 Å². The smallest absolute Gasteiger partial charge is 0.245 e. The molecule has 0 aromatic heterocycles. The van der Waals surface area contributed by atoms with Gasteiger partial charge in [-0.15, -0.1) is 0 Å². The number of hydrogen-bond acceptors (Lipinski definition) is 3. The molecule has 1 fully saturated rings. The van der Waals surface area contributed by atoms with Gasteiger partial charge >= 0.3 is 0 Å². The predicted molar refractivity (Wildman–Crippen MR) is 57.5 cm³/mol. The van der Waals surface area contributed by atoms with E-state index in [2.05, 4.69) is 10.6 Å². The second kappa shape index (κ2) is 4.96. The molecular formula is C10H17N3O3. The van der Waals surface area contributed by atoms with Crippen molar-refractivity contribution in [3.05, 3.63) is 0 Å². The molecule has 2 atom stereocenters. The quantitative estimate of drug-likeness (QED) is 0.639. The van der Waals surface area contributed by atoms with E-state index in [9.17, 15) is 14.4 Å². The fraction of sp³-hybridized carbons (Fsp3) is 0.700. The first-order chi connectivity index (χ1) is 7.47. The lowest BCUT2D eigenvalue weighted by atomic mass is 10.0. The number of hydrogen-bond donors (Lipinski definition) is 2. The highest BCUT2D eigenvalue weighted by Gasteiger charge is 2.38. The molecule has 1 aliphatic rings. The standard InChI is InChI=1S/C10H17N3O3/c1-6(12-7(2)14)10(16)13-5-4-8(13)9(15)11-3/h6,8H,4-5H2,1-3H3,(H,11,15)(H,12,14)/t6-,8-/m0/s1. The third kappa shape index (κ3) is 2.50. The topological polar surface area (TPSA) is 78.5 Å². The van der Waals surface area contributed by atoms with Crippen LogP contribution in [0.3, 0.4) is 0 Å². The molecule has 0 aliphatic carbocycles. The molecule has 0 radical (unpaired) electrons. The molecular weight excluding hydrogens is 210 g/mol. The molecule has 1 aliphatic heterocycles. The molecule has 90 valence electrons. The third-order valence-electron chi connectivity index (χ3n) is 2.64. The molecule has 6 nitrogen and oxygen atoms in total. The van der Waals surface area contributed by atoms with Crippen molar-refractivity contribution in [2.24, 2.45) is 0 Å². The summed E-state index contributed by atoms with van der Waals surface area (Å²) in [7, 11) is 1.54. The van der Waals surface area contributed by atoms with E-state index in [0.29, 0.717) is 13.0 Å². The first-order valence-electron chi connectivity index (χ1n) is 5.26. The fourth-order valence-corrected chi connectivity index (χ4v) is 1.71. The van der Waals surface area contributed by atoms with E-state index in [4.69, 9.17) is 0 Å². The molecule has 1 rings (SSSR count). The Morgan fingerprint density at radius 2 is 2.00 bits per heavy atom. The van der Waals surface area contributed by atoms with E-state index in [1.807, 2.05) is 0 Å². The maximum absolute atomic E-state index is 11.8. The second-order valence-electron chi connectivity index (χ2n) is 3.87. The van der Waals surface area contributed by atoms with Gasteiger partial charge in [0.25, 0.3) is 0 Å². The van der Waals surface area contributed by atoms with Crippen LogP contribution in [0.5, 0.6) is 0 Å². The van der Waals surface area contributed by atoms with Crippen LogP contribution in [0.1, 0.15) is 20.3 Å². The first kappa shape index (κ1) is 12.5. The van der Waals surface area contributed by atoms with E-state index in [1.54, 1.807) is 14.0 Å². The van der Waals surface area contributed by atoms with Crippen molar-refractivity contribution in [2.45, 2.75) is 32.4 Å². The van der Waals surface area contributed by atoms with Crippen LogP contribution in [-0.2, 0) is 14.4 Å². The number of amides is 3. The van der Waals surface area contributed by atoms with Crippen LogP contribution in [0.25, 0.3) is 0 Å². The molecule has 0 aromatic rings. The highest BCUT2D eigenvalue weighted by Crippen LogP contribution is 2.18. The largest absolute Gasteiger partial charge is 0.357 e. The van der Waals surface area contributed by atoms with E-state index < -0.39 is 6.04 Å². The first-order valence-corrected chi connectivity index (χ1v) is 5.26. The molecule has 2 N–H and O–H groups in total. The van der Waals surface area contributed by atoms with E-state index in [1.165, 1.54) is 11.8 Å².